The van der Waals surface area contributed by atoms with E-state index < -0.39 is 0 Å². The van der Waals surface area contributed by atoms with Crippen LogP contribution in [0.3, 0.4) is 0 Å². The van der Waals surface area contributed by atoms with Crippen molar-refractivity contribution in [2.75, 3.05) is 0 Å². The highest BCUT2D eigenvalue weighted by atomic mass is 32.1. The second kappa shape index (κ2) is 13.3. The third-order valence-electron chi connectivity index (χ3n) is 11.6. The maximum Gasteiger partial charge on any atom is 0.116 e. The second-order valence-electron chi connectivity index (χ2n) is 14.9. The van der Waals surface area contributed by atoms with Crippen LogP contribution in [-0.4, -0.2) is 9.97 Å². The molecule has 12 rings (SSSR count). The number of fused-ring (bicyclic) bond motifs is 9. The molecule has 3 aromatic heterocycles. The van der Waals surface area contributed by atoms with Crippen molar-refractivity contribution in [1.82, 2.24) is 9.97 Å². The van der Waals surface area contributed by atoms with Gasteiger partial charge in [-0.25, -0.2) is 9.97 Å². The van der Waals surface area contributed by atoms with Gasteiger partial charge in [0.05, 0.1) is 11.2 Å². The minimum absolute atomic E-state index is 0.941. The molecular formula is C54H32N2S2. The summed E-state index contributed by atoms with van der Waals surface area (Å²) in [6.45, 7) is 0. The smallest absolute Gasteiger partial charge is 0.116 e. The van der Waals surface area contributed by atoms with E-state index in [9.17, 15) is 0 Å². The maximum absolute atomic E-state index is 4.89. The Hall–Kier alpha value is -6.98. The number of aromatic nitrogens is 2. The van der Waals surface area contributed by atoms with Gasteiger partial charge in [-0.05, 0) is 80.2 Å². The van der Waals surface area contributed by atoms with E-state index in [1.165, 1.54) is 84.9 Å². The summed E-state index contributed by atoms with van der Waals surface area (Å²) >= 11 is 3.76. The minimum Gasteiger partial charge on any atom is -0.236 e. The van der Waals surface area contributed by atoms with Crippen LogP contribution in [-0.2, 0) is 0 Å². The molecule has 58 heavy (non-hydrogen) atoms. The zero-order valence-corrected chi connectivity index (χ0v) is 32.8. The molecule has 0 unspecified atom stereocenters. The predicted octanol–water partition coefficient (Wildman–Crippen LogP) is 15.9. The van der Waals surface area contributed by atoms with Gasteiger partial charge in [0.15, 0.2) is 0 Å². The van der Waals surface area contributed by atoms with Crippen molar-refractivity contribution in [2.45, 2.75) is 0 Å². The zero-order valence-electron chi connectivity index (χ0n) is 31.2. The van der Waals surface area contributed by atoms with Crippen molar-refractivity contribution in [1.29, 1.82) is 0 Å². The molecule has 4 heteroatoms. The molecule has 12 aromatic rings. The van der Waals surface area contributed by atoms with Gasteiger partial charge in [-0.1, -0.05) is 158 Å². The predicted molar refractivity (Wildman–Crippen MR) is 250 cm³/mol. The standard InChI is InChI=1S/C54H32N2S2/c1-2-11-33(12-3-1)41-18-8-22-46-47-23-10-20-43(54(47)58-53(41)46)37-15-7-16-39(31-37)50-48-28-26-38-30-35(25-27-40(38)51(48)56-32-55-50)34-13-6-14-36(29-34)42-19-9-21-45-44-17-4-5-24-49(44)57-52(42)45/h1-32H. The van der Waals surface area contributed by atoms with Crippen LogP contribution in [0.2, 0.25) is 0 Å². The van der Waals surface area contributed by atoms with Crippen molar-refractivity contribution in [3.05, 3.63) is 194 Å². The lowest BCUT2D eigenvalue weighted by atomic mass is 9.95. The second-order valence-corrected chi connectivity index (χ2v) is 17.0. The lowest BCUT2D eigenvalue weighted by Gasteiger charge is -2.11. The zero-order chi connectivity index (χ0) is 38.2. The van der Waals surface area contributed by atoms with E-state index in [1.807, 2.05) is 22.7 Å². The van der Waals surface area contributed by atoms with Gasteiger partial charge in [-0.3, -0.25) is 0 Å². The first-order valence-electron chi connectivity index (χ1n) is 19.5. The highest BCUT2D eigenvalue weighted by molar-refractivity contribution is 7.27. The Balaban J connectivity index is 0.921. The maximum atomic E-state index is 4.89. The number of hydrogen-bond acceptors (Lipinski definition) is 4. The van der Waals surface area contributed by atoms with Crippen molar-refractivity contribution >= 4 is 84.7 Å². The summed E-state index contributed by atoms with van der Waals surface area (Å²) in [6, 6.07) is 68.4. The Bertz CT molecular complexity index is 3580. The van der Waals surface area contributed by atoms with E-state index in [1.54, 1.807) is 6.33 Å². The summed E-state index contributed by atoms with van der Waals surface area (Å²) in [7, 11) is 0. The summed E-state index contributed by atoms with van der Waals surface area (Å²) in [4.78, 5) is 9.76. The monoisotopic (exact) mass is 772 g/mol. The molecule has 0 saturated heterocycles. The topological polar surface area (TPSA) is 25.8 Å². The Morgan fingerprint density at radius 3 is 1.60 bits per heavy atom. The normalized spacial score (nSPS) is 11.8. The Morgan fingerprint density at radius 2 is 0.845 bits per heavy atom. The molecule has 0 bridgehead atoms. The lowest BCUT2D eigenvalue weighted by molar-refractivity contribution is 1.23. The number of nitrogens with zero attached hydrogens (tertiary/aromatic N) is 2. The molecule has 0 spiro atoms. The van der Waals surface area contributed by atoms with Crippen LogP contribution < -0.4 is 0 Å². The van der Waals surface area contributed by atoms with Crippen LogP contribution in [0.25, 0.3) is 118 Å². The van der Waals surface area contributed by atoms with E-state index in [0.717, 1.165) is 32.9 Å². The van der Waals surface area contributed by atoms with E-state index in [2.05, 4.69) is 188 Å². The van der Waals surface area contributed by atoms with Crippen LogP contribution >= 0.6 is 22.7 Å². The van der Waals surface area contributed by atoms with Gasteiger partial charge in [-0.2, -0.15) is 0 Å². The molecule has 0 aliphatic heterocycles. The highest BCUT2D eigenvalue weighted by Gasteiger charge is 2.16. The number of hydrogen-bond donors (Lipinski definition) is 0. The first-order valence-corrected chi connectivity index (χ1v) is 21.2. The van der Waals surface area contributed by atoms with E-state index in [0.29, 0.717) is 0 Å². The van der Waals surface area contributed by atoms with Crippen LogP contribution in [0, 0.1) is 0 Å². The third-order valence-corrected chi connectivity index (χ3v) is 14.1. The van der Waals surface area contributed by atoms with Crippen LogP contribution in [0.5, 0.6) is 0 Å². The number of benzene rings is 9. The quantitative estimate of drug-likeness (QED) is 0.163. The van der Waals surface area contributed by atoms with Gasteiger partial charge in [0, 0.05) is 56.7 Å². The highest BCUT2D eigenvalue weighted by Crippen LogP contribution is 2.45. The van der Waals surface area contributed by atoms with E-state index in [4.69, 9.17) is 9.97 Å². The fraction of sp³-hybridized carbons (Fsp3) is 0. The summed E-state index contributed by atoms with van der Waals surface area (Å²) in [5.41, 5.74) is 12.8. The van der Waals surface area contributed by atoms with Crippen LogP contribution in [0.4, 0.5) is 0 Å². The van der Waals surface area contributed by atoms with Crippen molar-refractivity contribution in [2.24, 2.45) is 0 Å². The molecule has 0 aliphatic rings. The first-order chi connectivity index (χ1) is 28.7. The summed E-state index contributed by atoms with van der Waals surface area (Å²) < 4.78 is 5.28. The first kappa shape index (κ1) is 33.2. The molecule has 0 N–H and O–H groups in total. The fourth-order valence-electron chi connectivity index (χ4n) is 8.83. The van der Waals surface area contributed by atoms with Gasteiger partial charge in [0.2, 0.25) is 0 Å². The summed E-state index contributed by atoms with van der Waals surface area (Å²) in [5, 5.41) is 8.56. The van der Waals surface area contributed by atoms with Gasteiger partial charge < -0.3 is 0 Å². The molecule has 2 nitrogen and oxygen atoms in total. The molecule has 3 heterocycles. The number of thiophene rings is 2. The average Bonchev–Trinajstić information content (AvgIpc) is 3.88. The molecule has 0 radical (unpaired) electrons. The van der Waals surface area contributed by atoms with Crippen LogP contribution in [0.1, 0.15) is 0 Å². The van der Waals surface area contributed by atoms with E-state index >= 15 is 0 Å². The molecular weight excluding hydrogens is 741 g/mol. The van der Waals surface area contributed by atoms with Gasteiger partial charge in [0.25, 0.3) is 0 Å². The molecule has 9 aromatic carbocycles. The number of rotatable bonds is 5. The third kappa shape index (κ3) is 5.30. The lowest BCUT2D eigenvalue weighted by Crippen LogP contribution is -1.91. The van der Waals surface area contributed by atoms with E-state index in [-0.39, 0.29) is 0 Å². The minimum atomic E-state index is 0.941. The summed E-state index contributed by atoms with van der Waals surface area (Å²) in [5.74, 6) is 0. The van der Waals surface area contributed by atoms with Crippen molar-refractivity contribution < 1.29 is 0 Å². The molecule has 0 fully saturated rings. The Morgan fingerprint density at radius 1 is 0.310 bits per heavy atom. The fourth-order valence-corrected chi connectivity index (χ4v) is 11.4. The van der Waals surface area contributed by atoms with Gasteiger partial charge >= 0.3 is 0 Å². The van der Waals surface area contributed by atoms with Crippen LogP contribution in [0.15, 0.2) is 194 Å². The summed E-state index contributed by atoms with van der Waals surface area (Å²) in [6.07, 6.45) is 1.72. The van der Waals surface area contributed by atoms with Gasteiger partial charge in [-0.15, -0.1) is 22.7 Å². The van der Waals surface area contributed by atoms with Crippen molar-refractivity contribution in [3.63, 3.8) is 0 Å². The molecule has 0 atom stereocenters. The van der Waals surface area contributed by atoms with Crippen molar-refractivity contribution in [3.8, 4) is 55.8 Å². The van der Waals surface area contributed by atoms with Gasteiger partial charge in [0.1, 0.15) is 6.33 Å². The largest absolute Gasteiger partial charge is 0.236 e. The molecule has 0 saturated carbocycles. The molecule has 0 aliphatic carbocycles. The Kier molecular flexibility index (Phi) is 7.62. The molecule has 270 valence electrons. The average molecular weight is 773 g/mol. The Labute approximate surface area is 343 Å². The SMILES string of the molecule is c1ccc(-c2cccc3c2sc2c(-c4cccc(-c5ncnc6c5ccc5cc(-c7cccc(-c8cccc9c8sc8ccccc89)c7)ccc56)c4)cccc23)cc1. The molecule has 0 amide bonds.